The topological polar surface area (TPSA) is 102 Å². The number of aliphatic hydroxyl groups is 1. The van der Waals surface area contributed by atoms with Crippen LogP contribution in [0.5, 0.6) is 0 Å². The molecule has 0 aliphatic carbocycles. The van der Waals surface area contributed by atoms with E-state index in [0.29, 0.717) is 17.2 Å². The summed E-state index contributed by atoms with van der Waals surface area (Å²) >= 11 is 1.62. The molecule has 1 unspecified atom stereocenters. The van der Waals surface area contributed by atoms with Gasteiger partial charge in [0.05, 0.1) is 18.1 Å². The lowest BCUT2D eigenvalue weighted by molar-refractivity contribution is -0.163. The lowest BCUT2D eigenvalue weighted by Gasteiger charge is -2.46. The van der Waals surface area contributed by atoms with E-state index in [-0.39, 0.29) is 23.6 Å². The predicted octanol–water partition coefficient (Wildman–Crippen LogP) is -0.177. The zero-order valence-electron chi connectivity index (χ0n) is 14.4. The highest BCUT2D eigenvalue weighted by Crippen LogP contribution is 2.51. The normalized spacial score (nSPS) is 39.2. The monoisotopic (exact) mass is 367 g/mol. The Morgan fingerprint density at radius 1 is 1.36 bits per heavy atom. The summed E-state index contributed by atoms with van der Waals surface area (Å²) in [6.45, 7) is 6.56. The number of hydrogen-bond acceptors (Lipinski definition) is 6. The number of rotatable bonds is 5. The number of nitrogens with one attached hydrogen (secondary N) is 2. The lowest BCUT2D eigenvalue weighted by atomic mass is 9.79. The molecule has 0 aromatic heterocycles. The summed E-state index contributed by atoms with van der Waals surface area (Å²) in [4.78, 5) is 26.4. The molecule has 3 saturated heterocycles. The van der Waals surface area contributed by atoms with Crippen LogP contribution in [0, 0.1) is 17.8 Å². The van der Waals surface area contributed by atoms with Gasteiger partial charge >= 0.3 is 5.97 Å². The molecular weight excluding hydrogens is 342 g/mol. The second kappa shape index (κ2) is 6.26. The number of aliphatic carboxylic acids is 1. The summed E-state index contributed by atoms with van der Waals surface area (Å²) in [6, 6.07) is 0.273. The Morgan fingerprint density at radius 2 is 2.08 bits per heavy atom. The molecule has 7 nitrogen and oxygen atoms in total. The minimum Gasteiger partial charge on any atom is -0.477 e. The van der Waals surface area contributed by atoms with Gasteiger partial charge in [-0.2, -0.15) is 0 Å². The molecule has 4 aliphatic heterocycles. The average Bonchev–Trinajstić information content (AvgIpc) is 3.01. The van der Waals surface area contributed by atoms with Crippen LogP contribution < -0.4 is 10.6 Å². The Morgan fingerprint density at radius 3 is 2.64 bits per heavy atom. The molecule has 8 heteroatoms. The fraction of sp³-hybridized carbons (Fsp3) is 0.765. The van der Waals surface area contributed by atoms with Gasteiger partial charge in [-0.1, -0.05) is 6.92 Å². The van der Waals surface area contributed by atoms with Gasteiger partial charge in [-0.3, -0.25) is 4.79 Å². The van der Waals surface area contributed by atoms with Crippen LogP contribution in [0.4, 0.5) is 0 Å². The van der Waals surface area contributed by atoms with Gasteiger partial charge < -0.3 is 25.7 Å². The molecule has 6 atom stereocenters. The number of carboxylic acids is 1. The number of thioether (sulfide) groups is 1. The number of amides is 1. The highest BCUT2D eigenvalue weighted by molar-refractivity contribution is 8.03. The van der Waals surface area contributed by atoms with Crippen molar-refractivity contribution in [3.8, 4) is 0 Å². The third-order valence-electron chi connectivity index (χ3n) is 6.11. The van der Waals surface area contributed by atoms with Gasteiger partial charge in [0.1, 0.15) is 5.70 Å². The van der Waals surface area contributed by atoms with Crippen LogP contribution in [0.1, 0.15) is 20.3 Å². The molecule has 1 amide bonds. The third-order valence-corrected chi connectivity index (χ3v) is 7.62. The summed E-state index contributed by atoms with van der Waals surface area (Å²) in [5.74, 6) is -1.17. The molecule has 4 heterocycles. The maximum Gasteiger partial charge on any atom is 0.353 e. The number of hydrogen-bond donors (Lipinski definition) is 4. The smallest absolute Gasteiger partial charge is 0.353 e. The number of β-lactam (4-membered cyclic amide) rings is 1. The van der Waals surface area contributed by atoms with Gasteiger partial charge in [0, 0.05) is 41.7 Å². The first-order chi connectivity index (χ1) is 11.9. The molecule has 0 saturated carbocycles. The number of fused-ring (bicyclic) bond motifs is 1. The largest absolute Gasteiger partial charge is 0.477 e. The van der Waals surface area contributed by atoms with E-state index in [1.165, 1.54) is 4.90 Å². The Kier molecular flexibility index (Phi) is 4.34. The molecule has 0 radical (unpaired) electrons. The van der Waals surface area contributed by atoms with Gasteiger partial charge in [-0.25, -0.2) is 4.79 Å². The molecule has 0 aromatic carbocycles. The quantitative estimate of drug-likeness (QED) is 0.500. The highest BCUT2D eigenvalue weighted by Gasteiger charge is 2.60. The molecule has 25 heavy (non-hydrogen) atoms. The molecule has 0 spiro atoms. The molecule has 3 fully saturated rings. The van der Waals surface area contributed by atoms with Crippen LogP contribution in [0.25, 0.3) is 0 Å². The minimum absolute atomic E-state index is 0.0437. The number of nitrogens with zero attached hydrogens (tertiary/aromatic N) is 1. The van der Waals surface area contributed by atoms with E-state index in [2.05, 4.69) is 10.6 Å². The van der Waals surface area contributed by atoms with Crippen LogP contribution in [0.15, 0.2) is 10.6 Å². The van der Waals surface area contributed by atoms with Gasteiger partial charge in [-0.15, -0.1) is 11.8 Å². The Bertz CT molecular complexity index is 633. The summed E-state index contributed by atoms with van der Waals surface area (Å²) in [5.41, 5.74) is 0.137. The Balaban J connectivity index is 1.52. The van der Waals surface area contributed by atoms with E-state index in [1.54, 1.807) is 18.7 Å². The average molecular weight is 367 g/mol. The van der Waals surface area contributed by atoms with Crippen LogP contribution in [0.3, 0.4) is 0 Å². The Labute approximate surface area is 151 Å². The molecule has 138 valence electrons. The van der Waals surface area contributed by atoms with Crippen molar-refractivity contribution < 1.29 is 19.8 Å². The van der Waals surface area contributed by atoms with E-state index in [9.17, 15) is 19.8 Å². The van der Waals surface area contributed by atoms with Crippen LogP contribution in [0.2, 0.25) is 0 Å². The SMILES string of the molecule is C[C@@H](O)C1C(=O)N2C(C(=O)O)=C(S[C@@H]3CN[C@H](C4CNC4)C3)[C@H](C)[C@@H]12. The molecule has 4 aliphatic rings. The van der Waals surface area contributed by atoms with Crippen molar-refractivity contribution in [1.29, 1.82) is 0 Å². The fourth-order valence-electron chi connectivity index (χ4n) is 4.64. The van der Waals surface area contributed by atoms with Gasteiger partial charge in [0.25, 0.3) is 0 Å². The minimum atomic E-state index is -1.04. The summed E-state index contributed by atoms with van der Waals surface area (Å²) in [6.07, 6.45) is 0.276. The van der Waals surface area contributed by atoms with Gasteiger partial charge in [0.15, 0.2) is 0 Å². The van der Waals surface area contributed by atoms with Gasteiger partial charge in [-0.05, 0) is 19.3 Å². The first-order valence-electron chi connectivity index (χ1n) is 8.99. The van der Waals surface area contributed by atoms with E-state index >= 15 is 0 Å². The Hall–Kier alpha value is -1.09. The lowest BCUT2D eigenvalue weighted by Crippen LogP contribution is -2.63. The molecule has 0 bridgehead atoms. The van der Waals surface area contributed by atoms with Crippen LogP contribution in [-0.4, -0.2) is 70.1 Å². The van der Waals surface area contributed by atoms with Crippen molar-refractivity contribution in [3.63, 3.8) is 0 Å². The molecule has 4 N–H and O–H groups in total. The first-order valence-corrected chi connectivity index (χ1v) is 9.87. The zero-order valence-corrected chi connectivity index (χ0v) is 15.3. The maximum absolute atomic E-state index is 12.4. The van der Waals surface area contributed by atoms with Crippen LogP contribution in [-0.2, 0) is 9.59 Å². The van der Waals surface area contributed by atoms with Gasteiger partial charge in [0.2, 0.25) is 5.91 Å². The summed E-state index contributed by atoms with van der Waals surface area (Å²) in [7, 11) is 0. The van der Waals surface area contributed by atoms with Crippen molar-refractivity contribution in [2.75, 3.05) is 19.6 Å². The predicted molar refractivity (Wildman–Crippen MR) is 93.8 cm³/mol. The highest BCUT2D eigenvalue weighted by atomic mass is 32.2. The second-order valence-corrected chi connectivity index (χ2v) is 9.02. The number of carboxylic acid groups (broad SMARTS) is 1. The fourth-order valence-corrected chi connectivity index (χ4v) is 6.13. The number of aliphatic hydroxyl groups excluding tert-OH is 1. The van der Waals surface area contributed by atoms with Crippen molar-refractivity contribution in [3.05, 3.63) is 10.6 Å². The van der Waals surface area contributed by atoms with Crippen molar-refractivity contribution in [2.45, 2.75) is 43.7 Å². The molecule has 0 aromatic rings. The number of carbonyl (C=O) groups is 2. The first kappa shape index (κ1) is 17.3. The van der Waals surface area contributed by atoms with Crippen molar-refractivity contribution in [1.82, 2.24) is 15.5 Å². The molecular formula is C17H25N3O4S. The zero-order chi connectivity index (χ0) is 17.9. The van der Waals surface area contributed by atoms with Crippen molar-refractivity contribution in [2.24, 2.45) is 17.8 Å². The van der Waals surface area contributed by atoms with E-state index in [0.717, 1.165) is 31.0 Å². The summed E-state index contributed by atoms with van der Waals surface area (Å²) in [5, 5.41) is 26.8. The van der Waals surface area contributed by atoms with Crippen molar-refractivity contribution >= 4 is 23.6 Å². The maximum atomic E-state index is 12.4. The van der Waals surface area contributed by atoms with E-state index < -0.39 is 18.0 Å². The number of carbonyl (C=O) groups excluding carboxylic acids is 1. The second-order valence-electron chi connectivity index (χ2n) is 7.68. The van der Waals surface area contributed by atoms with E-state index in [1.807, 2.05) is 6.92 Å². The standard InChI is InChI=1S/C17H25N3O4S/c1-7-13-12(8(2)21)16(22)20(13)14(17(23)24)15(7)25-10-3-11(19-6-10)9-4-18-5-9/h7-13,18-19,21H,3-6H2,1-2H3,(H,23,24)/t7-,8-,10+,11+,12?,13+/m1/s1. The third kappa shape index (κ3) is 2.61. The summed E-state index contributed by atoms with van der Waals surface area (Å²) < 4.78 is 0. The van der Waals surface area contributed by atoms with Crippen LogP contribution >= 0.6 is 11.8 Å². The molecule has 4 rings (SSSR count). The van der Waals surface area contributed by atoms with E-state index in [4.69, 9.17) is 0 Å².